The van der Waals surface area contributed by atoms with Gasteiger partial charge in [-0.3, -0.25) is 9.59 Å². The Labute approximate surface area is 224 Å². The quantitative estimate of drug-likeness (QED) is 0.216. The predicted molar refractivity (Wildman–Crippen MR) is 142 cm³/mol. The Hall–Kier alpha value is -2.99. The highest BCUT2D eigenvalue weighted by Gasteiger charge is 2.29. The summed E-state index contributed by atoms with van der Waals surface area (Å²) in [6, 6.07) is 15.3. The highest BCUT2D eigenvalue weighted by atomic mass is 35.5. The van der Waals surface area contributed by atoms with E-state index in [2.05, 4.69) is 0 Å². The Morgan fingerprint density at radius 2 is 1.81 bits per heavy atom. The monoisotopic (exact) mass is 544 g/mol. The van der Waals surface area contributed by atoms with Crippen molar-refractivity contribution in [3.63, 3.8) is 0 Å². The molecule has 0 aliphatic carbocycles. The van der Waals surface area contributed by atoms with Gasteiger partial charge in [-0.2, -0.15) is 0 Å². The zero-order chi connectivity index (χ0) is 25.7. The average Bonchev–Trinajstić information content (AvgIpc) is 2.85. The first-order valence-corrected chi connectivity index (χ1v) is 12.6. The van der Waals surface area contributed by atoms with Gasteiger partial charge >= 0.3 is 5.97 Å². The van der Waals surface area contributed by atoms with Crippen molar-refractivity contribution in [2.45, 2.75) is 31.6 Å². The van der Waals surface area contributed by atoms with Crippen molar-refractivity contribution in [2.24, 2.45) is 0 Å². The topological polar surface area (TPSA) is 72.8 Å². The number of unbranched alkanes of at least 4 members (excludes halogenated alkanes) is 1. The van der Waals surface area contributed by atoms with E-state index >= 15 is 0 Å². The fourth-order valence-electron chi connectivity index (χ4n) is 3.93. The summed E-state index contributed by atoms with van der Waals surface area (Å²) < 4.78 is 11.5. The number of carboxylic acid groups (broad SMARTS) is 1. The molecule has 36 heavy (non-hydrogen) atoms. The molecule has 1 unspecified atom stereocenters. The lowest BCUT2D eigenvalue weighted by Gasteiger charge is -2.24. The number of ether oxygens (including phenoxy) is 2. The van der Waals surface area contributed by atoms with Gasteiger partial charge in [0.2, 0.25) is 0 Å². The predicted octanol–water partition coefficient (Wildman–Crippen LogP) is 8.46. The lowest BCUT2D eigenvalue weighted by Crippen LogP contribution is -2.20. The van der Waals surface area contributed by atoms with Crippen molar-refractivity contribution in [1.82, 2.24) is 0 Å². The molecule has 1 N–H and O–H groups in total. The SMILES string of the molecule is O=C(CCC/C=C\c1ccc(Cl)cc1Cl)c1ccc(Oc2cc3c(cc2Cl)C(C(=O)O)CCO3)cc1. The largest absolute Gasteiger partial charge is 0.493 e. The van der Waals surface area contributed by atoms with E-state index in [1.165, 1.54) is 0 Å². The molecule has 0 bridgehead atoms. The smallest absolute Gasteiger partial charge is 0.311 e. The van der Waals surface area contributed by atoms with Crippen LogP contribution in [0.5, 0.6) is 17.2 Å². The van der Waals surface area contributed by atoms with Crippen LogP contribution < -0.4 is 9.47 Å². The zero-order valence-electron chi connectivity index (χ0n) is 19.2. The first-order chi connectivity index (χ1) is 17.3. The van der Waals surface area contributed by atoms with Gasteiger partial charge in [-0.15, -0.1) is 0 Å². The number of benzene rings is 3. The number of hydrogen-bond donors (Lipinski definition) is 1. The van der Waals surface area contributed by atoms with E-state index in [1.807, 2.05) is 18.2 Å². The van der Waals surface area contributed by atoms with Crippen LogP contribution in [0.2, 0.25) is 15.1 Å². The van der Waals surface area contributed by atoms with Crippen molar-refractivity contribution < 1.29 is 24.2 Å². The number of aliphatic carboxylic acids is 1. The molecule has 0 aromatic heterocycles. The van der Waals surface area contributed by atoms with Crippen molar-refractivity contribution in [3.8, 4) is 17.2 Å². The summed E-state index contributed by atoms with van der Waals surface area (Å²) in [6.07, 6.45) is 6.17. The van der Waals surface area contributed by atoms with E-state index in [4.69, 9.17) is 44.3 Å². The molecule has 0 saturated heterocycles. The van der Waals surface area contributed by atoms with Crippen molar-refractivity contribution >= 4 is 52.6 Å². The molecule has 186 valence electrons. The Balaban J connectivity index is 1.32. The minimum Gasteiger partial charge on any atom is -0.493 e. The number of fused-ring (bicyclic) bond motifs is 1. The van der Waals surface area contributed by atoms with Gasteiger partial charge in [0.05, 0.1) is 17.5 Å². The van der Waals surface area contributed by atoms with Gasteiger partial charge in [0, 0.05) is 33.7 Å². The van der Waals surface area contributed by atoms with Crippen LogP contribution >= 0.6 is 34.8 Å². The third kappa shape index (κ3) is 6.41. The minimum atomic E-state index is -0.911. The van der Waals surface area contributed by atoms with Crippen LogP contribution in [-0.2, 0) is 4.79 Å². The first-order valence-electron chi connectivity index (χ1n) is 11.4. The molecule has 0 amide bonds. The summed E-state index contributed by atoms with van der Waals surface area (Å²) in [6.45, 7) is 0.312. The summed E-state index contributed by atoms with van der Waals surface area (Å²) in [5.74, 6) is -0.218. The Bertz CT molecular complexity index is 1300. The standard InChI is InChI=1S/C28H23Cl3O5/c29-19-9-6-17(23(30)14-19)4-2-1-3-5-25(32)18-7-10-20(11-8-18)36-27-16-26-22(15-24(27)31)21(28(33)34)12-13-35-26/h2,4,6-11,14-16,21H,1,3,5,12-13H2,(H,33,34)/b4-2-. The van der Waals surface area contributed by atoms with E-state index in [0.717, 1.165) is 12.0 Å². The second-order valence-electron chi connectivity index (χ2n) is 8.36. The second-order valence-corrected chi connectivity index (χ2v) is 9.61. The van der Waals surface area contributed by atoms with Crippen LogP contribution in [0.1, 0.15) is 53.1 Å². The molecule has 1 atom stereocenters. The number of Topliss-reactive ketones (excluding diaryl/α,β-unsaturated/α-hetero) is 1. The summed E-state index contributed by atoms with van der Waals surface area (Å²) >= 11 is 18.4. The maximum absolute atomic E-state index is 12.6. The lowest BCUT2D eigenvalue weighted by molar-refractivity contribution is -0.139. The molecule has 3 aromatic rings. The molecular formula is C28H23Cl3O5. The molecule has 0 radical (unpaired) electrons. The van der Waals surface area contributed by atoms with Crippen LogP contribution in [0.25, 0.3) is 6.08 Å². The number of carbonyl (C=O) groups is 2. The summed E-state index contributed by atoms with van der Waals surface area (Å²) in [5.41, 5.74) is 2.02. The van der Waals surface area contributed by atoms with Gasteiger partial charge in [-0.05, 0) is 67.3 Å². The van der Waals surface area contributed by atoms with E-state index in [-0.39, 0.29) is 5.78 Å². The average molecular weight is 546 g/mol. The summed E-state index contributed by atoms with van der Waals surface area (Å²) in [4.78, 5) is 24.1. The molecule has 1 aliphatic heterocycles. The molecule has 8 heteroatoms. The maximum Gasteiger partial charge on any atom is 0.311 e. The Morgan fingerprint density at radius 3 is 2.53 bits per heavy atom. The fraction of sp³-hybridized carbons (Fsp3) is 0.214. The Kier molecular flexibility index (Phi) is 8.57. The van der Waals surface area contributed by atoms with Crippen molar-refractivity contribution in [3.05, 3.63) is 92.4 Å². The van der Waals surface area contributed by atoms with Crippen LogP contribution in [-0.4, -0.2) is 23.5 Å². The number of halogens is 3. The molecule has 0 spiro atoms. The number of ketones is 1. The van der Waals surface area contributed by atoms with Crippen molar-refractivity contribution in [1.29, 1.82) is 0 Å². The van der Waals surface area contributed by atoms with Gasteiger partial charge in [0.15, 0.2) is 5.78 Å². The highest BCUT2D eigenvalue weighted by molar-refractivity contribution is 6.35. The number of hydrogen-bond acceptors (Lipinski definition) is 4. The lowest BCUT2D eigenvalue weighted by atomic mass is 9.93. The Morgan fingerprint density at radius 1 is 1.03 bits per heavy atom. The third-order valence-electron chi connectivity index (χ3n) is 5.84. The fourth-order valence-corrected chi connectivity index (χ4v) is 4.61. The number of allylic oxidation sites excluding steroid dienone is 1. The first kappa shape index (κ1) is 26.1. The third-order valence-corrected chi connectivity index (χ3v) is 6.70. The van der Waals surface area contributed by atoms with E-state index in [0.29, 0.717) is 69.3 Å². The van der Waals surface area contributed by atoms with Gasteiger partial charge < -0.3 is 14.6 Å². The normalized spacial score (nSPS) is 14.8. The number of rotatable bonds is 9. The van der Waals surface area contributed by atoms with E-state index in [9.17, 15) is 14.7 Å². The molecule has 3 aromatic carbocycles. The van der Waals surface area contributed by atoms with Crippen LogP contribution in [0.3, 0.4) is 0 Å². The van der Waals surface area contributed by atoms with Gasteiger partial charge in [0.25, 0.3) is 0 Å². The van der Waals surface area contributed by atoms with Crippen LogP contribution in [0.4, 0.5) is 0 Å². The van der Waals surface area contributed by atoms with Crippen LogP contribution in [0.15, 0.2) is 60.7 Å². The summed E-state index contributed by atoms with van der Waals surface area (Å²) in [7, 11) is 0. The zero-order valence-corrected chi connectivity index (χ0v) is 21.4. The van der Waals surface area contributed by atoms with Gasteiger partial charge in [-0.1, -0.05) is 53.0 Å². The van der Waals surface area contributed by atoms with Crippen molar-refractivity contribution in [2.75, 3.05) is 6.61 Å². The number of carboxylic acids is 1. The second kappa shape index (κ2) is 11.8. The van der Waals surface area contributed by atoms with Gasteiger partial charge in [-0.25, -0.2) is 0 Å². The van der Waals surface area contributed by atoms with Gasteiger partial charge in [0.1, 0.15) is 17.2 Å². The molecule has 1 aliphatic rings. The van der Waals surface area contributed by atoms with E-state index < -0.39 is 11.9 Å². The molecule has 4 rings (SSSR count). The molecule has 5 nitrogen and oxygen atoms in total. The minimum absolute atomic E-state index is 0.0411. The maximum atomic E-state index is 12.6. The molecule has 0 saturated carbocycles. The summed E-state index contributed by atoms with van der Waals surface area (Å²) in [5, 5.41) is 10.9. The molecular weight excluding hydrogens is 523 g/mol. The van der Waals surface area contributed by atoms with Crippen LogP contribution in [0, 0.1) is 0 Å². The molecule has 0 fully saturated rings. The van der Waals surface area contributed by atoms with E-state index in [1.54, 1.807) is 48.5 Å². The molecule has 1 heterocycles. The highest BCUT2D eigenvalue weighted by Crippen LogP contribution is 2.41. The number of carbonyl (C=O) groups excluding carboxylic acids is 1.